The van der Waals surface area contributed by atoms with Crippen LogP contribution >= 0.6 is 0 Å². The van der Waals surface area contributed by atoms with E-state index in [0.717, 1.165) is 12.5 Å². The summed E-state index contributed by atoms with van der Waals surface area (Å²) < 4.78 is 5.06. The third kappa shape index (κ3) is 5.79. The van der Waals surface area contributed by atoms with Crippen molar-refractivity contribution in [2.24, 2.45) is 11.8 Å². The monoisotopic (exact) mass is 387 g/mol. The van der Waals surface area contributed by atoms with Crippen LogP contribution < -0.4 is 10.6 Å². The van der Waals surface area contributed by atoms with E-state index in [1.54, 1.807) is 36.1 Å². The van der Waals surface area contributed by atoms with Gasteiger partial charge in [-0.1, -0.05) is 0 Å². The fourth-order valence-corrected chi connectivity index (χ4v) is 3.37. The second kappa shape index (κ2) is 9.68. The van der Waals surface area contributed by atoms with Crippen molar-refractivity contribution in [1.82, 2.24) is 10.2 Å². The Morgan fingerprint density at radius 2 is 1.75 bits per heavy atom. The van der Waals surface area contributed by atoms with Gasteiger partial charge in [0.25, 0.3) is 5.91 Å². The van der Waals surface area contributed by atoms with Crippen molar-refractivity contribution in [3.05, 3.63) is 29.8 Å². The quantitative estimate of drug-likeness (QED) is 0.667. The smallest absolute Gasteiger partial charge is 0.309 e. The van der Waals surface area contributed by atoms with Crippen LogP contribution in [-0.4, -0.2) is 55.5 Å². The number of benzene rings is 1. The molecule has 1 aliphatic heterocycles. The number of carbonyl (C=O) groups is 3. The highest BCUT2D eigenvalue weighted by molar-refractivity contribution is 5.96. The number of nitrogens with one attached hydrogen (secondary N) is 2. The second-order valence-corrected chi connectivity index (χ2v) is 7.52. The maximum atomic E-state index is 12.7. The molecular weight excluding hydrogens is 358 g/mol. The van der Waals surface area contributed by atoms with Gasteiger partial charge in [0.2, 0.25) is 5.91 Å². The lowest BCUT2D eigenvalue weighted by Crippen LogP contribution is -2.40. The maximum Gasteiger partial charge on any atom is 0.309 e. The minimum absolute atomic E-state index is 0.0497. The largest absolute Gasteiger partial charge is 0.466 e. The molecule has 28 heavy (non-hydrogen) atoms. The van der Waals surface area contributed by atoms with Gasteiger partial charge in [0.15, 0.2) is 0 Å². The number of anilines is 1. The van der Waals surface area contributed by atoms with Crippen LogP contribution in [0.2, 0.25) is 0 Å². The van der Waals surface area contributed by atoms with Crippen LogP contribution in [0, 0.1) is 11.8 Å². The number of likely N-dealkylation sites (tertiary alicyclic amines) is 1. The predicted octanol–water partition coefficient (Wildman–Crippen LogP) is 2.04. The molecule has 1 heterocycles. The number of nitrogens with zero attached hydrogens (tertiary/aromatic N) is 1. The second-order valence-electron chi connectivity index (χ2n) is 7.52. The average molecular weight is 387 g/mol. The van der Waals surface area contributed by atoms with Crippen LogP contribution in [0.15, 0.2) is 24.3 Å². The maximum absolute atomic E-state index is 12.7. The molecule has 1 aromatic rings. The van der Waals surface area contributed by atoms with E-state index < -0.39 is 0 Å². The van der Waals surface area contributed by atoms with E-state index in [1.165, 1.54) is 12.8 Å². The number of hydrogen-bond acceptors (Lipinski definition) is 5. The zero-order chi connectivity index (χ0) is 19.9. The van der Waals surface area contributed by atoms with Gasteiger partial charge >= 0.3 is 5.97 Å². The number of amides is 2. The first-order chi connectivity index (χ1) is 13.6. The molecule has 0 spiro atoms. The first-order valence-corrected chi connectivity index (χ1v) is 10.1. The lowest BCUT2D eigenvalue weighted by molar-refractivity contribution is -0.149. The van der Waals surface area contributed by atoms with Gasteiger partial charge in [0.1, 0.15) is 0 Å². The summed E-state index contributed by atoms with van der Waals surface area (Å²) >= 11 is 0. The highest BCUT2D eigenvalue weighted by atomic mass is 16.5. The lowest BCUT2D eigenvalue weighted by Gasteiger charge is -2.31. The summed E-state index contributed by atoms with van der Waals surface area (Å²) in [7, 11) is 0. The Kier molecular flexibility index (Phi) is 7.03. The molecule has 2 aliphatic rings. The predicted molar refractivity (Wildman–Crippen MR) is 106 cm³/mol. The van der Waals surface area contributed by atoms with E-state index >= 15 is 0 Å². The highest BCUT2D eigenvalue weighted by Crippen LogP contribution is 2.27. The Balaban J connectivity index is 1.44. The van der Waals surface area contributed by atoms with E-state index in [0.29, 0.717) is 50.3 Å². The molecule has 2 fully saturated rings. The number of esters is 1. The molecule has 1 saturated heterocycles. The van der Waals surface area contributed by atoms with E-state index in [4.69, 9.17) is 4.74 Å². The van der Waals surface area contributed by atoms with Gasteiger partial charge in [-0.3, -0.25) is 14.4 Å². The van der Waals surface area contributed by atoms with Crippen LogP contribution in [0.3, 0.4) is 0 Å². The Morgan fingerprint density at radius 1 is 1.07 bits per heavy atom. The van der Waals surface area contributed by atoms with Gasteiger partial charge in [-0.2, -0.15) is 0 Å². The molecule has 1 saturated carbocycles. The van der Waals surface area contributed by atoms with Crippen molar-refractivity contribution in [3.8, 4) is 0 Å². The van der Waals surface area contributed by atoms with Gasteiger partial charge < -0.3 is 20.3 Å². The van der Waals surface area contributed by atoms with Gasteiger partial charge in [-0.25, -0.2) is 0 Å². The minimum Gasteiger partial charge on any atom is -0.466 e. The standard InChI is InChI=1S/C21H29N3O4/c1-2-28-21(27)17-9-11-24(12-10-17)20(26)16-5-7-18(8-6-16)23-19(25)14-22-13-15-3-4-15/h5-8,15,17,22H,2-4,9-14H2,1H3,(H,23,25). The van der Waals surface area contributed by atoms with Crippen LogP contribution in [0.4, 0.5) is 5.69 Å². The molecule has 7 heteroatoms. The summed E-state index contributed by atoms with van der Waals surface area (Å²) in [6.07, 6.45) is 3.77. The number of piperidine rings is 1. The van der Waals surface area contributed by atoms with Crippen molar-refractivity contribution >= 4 is 23.5 Å². The summed E-state index contributed by atoms with van der Waals surface area (Å²) in [5, 5.41) is 5.99. The summed E-state index contributed by atoms with van der Waals surface area (Å²) in [5.74, 6) is 0.323. The number of rotatable bonds is 8. The Morgan fingerprint density at radius 3 is 2.36 bits per heavy atom. The van der Waals surface area contributed by atoms with Crippen molar-refractivity contribution in [2.75, 3.05) is 38.1 Å². The summed E-state index contributed by atoms with van der Waals surface area (Å²) in [4.78, 5) is 38.2. The molecule has 152 valence electrons. The molecule has 0 aromatic heterocycles. The van der Waals surface area contributed by atoms with Crippen molar-refractivity contribution in [3.63, 3.8) is 0 Å². The van der Waals surface area contributed by atoms with Crippen LogP contribution in [-0.2, 0) is 14.3 Å². The van der Waals surface area contributed by atoms with Crippen LogP contribution in [0.1, 0.15) is 43.0 Å². The van der Waals surface area contributed by atoms with Crippen LogP contribution in [0.5, 0.6) is 0 Å². The molecule has 0 bridgehead atoms. The topological polar surface area (TPSA) is 87.7 Å². The number of carbonyl (C=O) groups excluding carboxylic acids is 3. The molecule has 3 rings (SSSR count). The molecule has 1 aliphatic carbocycles. The van der Waals surface area contributed by atoms with E-state index in [2.05, 4.69) is 10.6 Å². The molecule has 0 atom stereocenters. The van der Waals surface area contributed by atoms with Crippen molar-refractivity contribution in [1.29, 1.82) is 0 Å². The fourth-order valence-electron chi connectivity index (χ4n) is 3.37. The Bertz CT molecular complexity index is 692. The highest BCUT2D eigenvalue weighted by Gasteiger charge is 2.28. The van der Waals surface area contributed by atoms with E-state index in [1.807, 2.05) is 0 Å². The zero-order valence-corrected chi connectivity index (χ0v) is 16.4. The van der Waals surface area contributed by atoms with Crippen LogP contribution in [0.25, 0.3) is 0 Å². The SMILES string of the molecule is CCOC(=O)C1CCN(C(=O)c2ccc(NC(=O)CNCC3CC3)cc2)CC1. The molecule has 7 nitrogen and oxygen atoms in total. The minimum atomic E-state index is -0.165. The molecule has 1 aromatic carbocycles. The molecule has 0 unspecified atom stereocenters. The summed E-state index contributed by atoms with van der Waals surface area (Å²) in [6.45, 7) is 4.48. The summed E-state index contributed by atoms with van der Waals surface area (Å²) in [6, 6.07) is 6.95. The summed E-state index contributed by atoms with van der Waals surface area (Å²) in [5.41, 5.74) is 1.26. The van der Waals surface area contributed by atoms with Crippen molar-refractivity contribution < 1.29 is 19.1 Å². The van der Waals surface area contributed by atoms with Crippen molar-refractivity contribution in [2.45, 2.75) is 32.6 Å². The number of hydrogen-bond donors (Lipinski definition) is 2. The average Bonchev–Trinajstić information content (AvgIpc) is 3.53. The Labute approximate surface area is 165 Å². The van der Waals surface area contributed by atoms with Gasteiger partial charge in [0, 0.05) is 24.3 Å². The molecule has 2 amide bonds. The zero-order valence-electron chi connectivity index (χ0n) is 16.4. The third-order valence-electron chi connectivity index (χ3n) is 5.23. The van der Waals surface area contributed by atoms with Gasteiger partial charge in [-0.15, -0.1) is 0 Å². The Hall–Kier alpha value is -2.41. The van der Waals surface area contributed by atoms with Gasteiger partial charge in [0.05, 0.1) is 19.1 Å². The third-order valence-corrected chi connectivity index (χ3v) is 5.23. The lowest BCUT2D eigenvalue weighted by atomic mass is 9.96. The van der Waals surface area contributed by atoms with E-state index in [-0.39, 0.29) is 23.7 Å². The molecule has 2 N–H and O–H groups in total. The van der Waals surface area contributed by atoms with E-state index in [9.17, 15) is 14.4 Å². The number of ether oxygens (including phenoxy) is 1. The molecular formula is C21H29N3O4. The normalized spacial score (nSPS) is 17.2. The fraction of sp³-hybridized carbons (Fsp3) is 0.571. The first kappa shape index (κ1) is 20.3. The van der Waals surface area contributed by atoms with Gasteiger partial charge in [-0.05, 0) is 69.3 Å². The first-order valence-electron chi connectivity index (χ1n) is 10.1. The molecule has 0 radical (unpaired) electrons.